The smallest absolute Gasteiger partial charge is 0.167 e. The van der Waals surface area contributed by atoms with Gasteiger partial charge in [0.15, 0.2) is 17.7 Å². The average Bonchev–Trinajstić information content (AvgIpc) is 3.54. The van der Waals surface area contributed by atoms with Crippen LogP contribution in [0, 0.1) is 0 Å². The first-order chi connectivity index (χ1) is 17.3. The number of anilines is 1. The maximum absolute atomic E-state index is 10.8. The van der Waals surface area contributed by atoms with Gasteiger partial charge >= 0.3 is 0 Å². The molecule has 5 N–H and O–H groups in total. The van der Waals surface area contributed by atoms with Crippen LogP contribution in [0.25, 0.3) is 22.2 Å². The summed E-state index contributed by atoms with van der Waals surface area (Å²) in [5, 5.41) is 22.2. The van der Waals surface area contributed by atoms with Crippen LogP contribution < -0.4 is 5.73 Å². The first-order valence-corrected chi connectivity index (χ1v) is 12.5. The summed E-state index contributed by atoms with van der Waals surface area (Å²) < 4.78 is 7.73. The van der Waals surface area contributed by atoms with Crippen LogP contribution in [0.1, 0.15) is 38.7 Å². The van der Waals surface area contributed by atoms with E-state index in [0.29, 0.717) is 22.7 Å². The number of para-hydroxylation sites is 1. The van der Waals surface area contributed by atoms with Crippen molar-refractivity contribution in [3.05, 3.63) is 41.7 Å². The van der Waals surface area contributed by atoms with Crippen LogP contribution in [0.2, 0.25) is 5.02 Å². The van der Waals surface area contributed by atoms with Crippen LogP contribution in [0.4, 0.5) is 5.82 Å². The number of hydrogen-bond acceptors (Lipinski definition) is 9. The number of nitrogen functional groups attached to an aromatic ring is 1. The molecule has 0 saturated carbocycles. The molecule has 0 bridgehead atoms. The van der Waals surface area contributed by atoms with Crippen molar-refractivity contribution in [1.82, 2.24) is 34.4 Å². The van der Waals surface area contributed by atoms with Gasteiger partial charge in [0.2, 0.25) is 0 Å². The van der Waals surface area contributed by atoms with Crippen LogP contribution in [-0.4, -0.2) is 82.0 Å². The standard InChI is InChI=1S/C24H31ClN8O3/c1-13(2)32(9-4-3-8-17-30-15-7-5-6-14(25)18(15)31-17)10-16-20(34)21(35)24(36-16)33-12-29-19-22(26)27-11-28-23(19)33/h5-7,11-13,16,20-21,24,34-35H,3-4,8-10H2,1-2H3,(H,30,31)(H2,26,27,28)/t16-,20-,21-,24?/m1/s1. The first kappa shape index (κ1) is 24.8. The second-order valence-electron chi connectivity index (χ2n) is 9.49. The molecule has 1 aliphatic rings. The van der Waals surface area contributed by atoms with Crippen molar-refractivity contribution < 1.29 is 14.9 Å². The SMILES string of the molecule is CC(C)N(CCCCc1nc2cccc(Cl)c2[nH]1)C[C@H]1OC(n2cnc3c(N)ncnc32)[C@H](O)[C@@H]1O. The second kappa shape index (κ2) is 10.3. The molecule has 1 aromatic carbocycles. The maximum atomic E-state index is 10.8. The number of unbranched alkanes of at least 4 members (excludes halogenated alkanes) is 1. The summed E-state index contributed by atoms with van der Waals surface area (Å²) in [6, 6.07) is 5.94. The lowest BCUT2D eigenvalue weighted by molar-refractivity contribution is -0.0469. The lowest BCUT2D eigenvalue weighted by Gasteiger charge is -2.30. The predicted molar refractivity (Wildman–Crippen MR) is 136 cm³/mol. The van der Waals surface area contributed by atoms with E-state index in [0.717, 1.165) is 42.7 Å². The molecule has 3 aromatic heterocycles. The van der Waals surface area contributed by atoms with Crippen molar-refractivity contribution in [3.63, 3.8) is 0 Å². The topological polar surface area (TPSA) is 151 Å². The number of nitrogens with zero attached hydrogens (tertiary/aromatic N) is 6. The zero-order valence-corrected chi connectivity index (χ0v) is 21.0. The molecule has 192 valence electrons. The predicted octanol–water partition coefficient (Wildman–Crippen LogP) is 2.29. The summed E-state index contributed by atoms with van der Waals surface area (Å²) in [4.78, 5) is 22.6. The van der Waals surface area contributed by atoms with Crippen molar-refractivity contribution in [2.75, 3.05) is 18.8 Å². The zero-order chi connectivity index (χ0) is 25.4. The molecule has 1 saturated heterocycles. The van der Waals surface area contributed by atoms with E-state index in [4.69, 9.17) is 22.1 Å². The third kappa shape index (κ3) is 4.76. The molecule has 36 heavy (non-hydrogen) atoms. The Morgan fingerprint density at radius 3 is 2.81 bits per heavy atom. The van der Waals surface area contributed by atoms with E-state index in [2.05, 4.69) is 43.7 Å². The summed E-state index contributed by atoms with van der Waals surface area (Å²) >= 11 is 6.24. The number of imidazole rings is 2. The number of aliphatic hydroxyl groups excluding tert-OH is 2. The summed E-state index contributed by atoms with van der Waals surface area (Å²) in [6.07, 6.45) is 1.99. The number of aromatic amines is 1. The molecular formula is C24H31ClN8O3. The average molecular weight is 515 g/mol. The Labute approximate surface area is 213 Å². The monoisotopic (exact) mass is 514 g/mol. The molecule has 0 amide bonds. The molecule has 1 aliphatic heterocycles. The molecular weight excluding hydrogens is 484 g/mol. The number of nitrogens with two attached hydrogens (primary N) is 1. The number of rotatable bonds is 9. The Balaban J connectivity index is 1.19. The summed E-state index contributed by atoms with van der Waals surface area (Å²) in [6.45, 7) is 5.53. The van der Waals surface area contributed by atoms with Gasteiger partial charge in [-0.15, -0.1) is 0 Å². The Morgan fingerprint density at radius 2 is 2.03 bits per heavy atom. The van der Waals surface area contributed by atoms with Gasteiger partial charge in [-0.25, -0.2) is 19.9 Å². The van der Waals surface area contributed by atoms with Gasteiger partial charge in [0.05, 0.1) is 22.4 Å². The van der Waals surface area contributed by atoms with Crippen molar-refractivity contribution in [3.8, 4) is 0 Å². The highest BCUT2D eigenvalue weighted by Gasteiger charge is 2.45. The summed E-state index contributed by atoms with van der Waals surface area (Å²) in [7, 11) is 0. The minimum absolute atomic E-state index is 0.239. The molecule has 4 aromatic rings. The number of ether oxygens (including phenoxy) is 1. The number of aryl methyl sites for hydroxylation is 1. The van der Waals surface area contributed by atoms with Gasteiger partial charge in [-0.05, 0) is 45.4 Å². The van der Waals surface area contributed by atoms with E-state index in [-0.39, 0.29) is 11.9 Å². The number of hydrogen-bond donors (Lipinski definition) is 4. The van der Waals surface area contributed by atoms with Gasteiger partial charge < -0.3 is 25.7 Å². The number of fused-ring (bicyclic) bond motifs is 2. The van der Waals surface area contributed by atoms with E-state index < -0.39 is 24.5 Å². The molecule has 12 heteroatoms. The highest BCUT2D eigenvalue weighted by atomic mass is 35.5. The largest absolute Gasteiger partial charge is 0.387 e. The van der Waals surface area contributed by atoms with Crippen LogP contribution in [0.3, 0.4) is 0 Å². The quantitative estimate of drug-likeness (QED) is 0.246. The number of aromatic nitrogens is 6. The maximum Gasteiger partial charge on any atom is 0.167 e. The minimum atomic E-state index is -1.13. The normalized spacial score (nSPS) is 22.5. The van der Waals surface area contributed by atoms with E-state index in [1.165, 1.54) is 12.7 Å². The summed E-state index contributed by atoms with van der Waals surface area (Å²) in [5.74, 6) is 1.17. The van der Waals surface area contributed by atoms with Gasteiger partial charge in [-0.2, -0.15) is 0 Å². The molecule has 0 radical (unpaired) electrons. The van der Waals surface area contributed by atoms with Crippen LogP contribution >= 0.6 is 11.6 Å². The van der Waals surface area contributed by atoms with E-state index in [1.54, 1.807) is 4.57 Å². The molecule has 11 nitrogen and oxygen atoms in total. The number of halogens is 1. The molecule has 1 unspecified atom stereocenters. The Bertz CT molecular complexity index is 1340. The first-order valence-electron chi connectivity index (χ1n) is 12.1. The van der Waals surface area contributed by atoms with E-state index in [1.807, 2.05) is 18.2 Å². The number of H-pyrrole nitrogens is 1. The lowest BCUT2D eigenvalue weighted by atomic mass is 10.1. The fraction of sp³-hybridized carbons (Fsp3) is 0.500. The number of aliphatic hydroxyl groups is 2. The van der Waals surface area contributed by atoms with Crippen molar-refractivity contribution in [1.29, 1.82) is 0 Å². The van der Waals surface area contributed by atoms with Crippen LogP contribution in [-0.2, 0) is 11.2 Å². The van der Waals surface area contributed by atoms with Gasteiger partial charge in [0.25, 0.3) is 0 Å². The van der Waals surface area contributed by atoms with E-state index in [9.17, 15) is 10.2 Å². The zero-order valence-electron chi connectivity index (χ0n) is 20.3. The van der Waals surface area contributed by atoms with Gasteiger partial charge in [0.1, 0.15) is 36.0 Å². The van der Waals surface area contributed by atoms with Gasteiger partial charge in [0, 0.05) is 19.0 Å². The molecule has 4 atom stereocenters. The number of nitrogens with one attached hydrogen (secondary N) is 1. The van der Waals surface area contributed by atoms with Gasteiger partial charge in [-0.3, -0.25) is 9.47 Å². The van der Waals surface area contributed by atoms with Crippen LogP contribution in [0.5, 0.6) is 0 Å². The molecule has 0 aliphatic carbocycles. The van der Waals surface area contributed by atoms with E-state index >= 15 is 0 Å². The summed E-state index contributed by atoms with van der Waals surface area (Å²) in [5.41, 5.74) is 8.51. The Kier molecular flexibility index (Phi) is 7.09. The minimum Gasteiger partial charge on any atom is -0.387 e. The Hall–Kier alpha value is -2.83. The molecule has 4 heterocycles. The molecule has 5 rings (SSSR count). The molecule has 1 fully saturated rings. The third-order valence-corrected chi connectivity index (χ3v) is 7.08. The van der Waals surface area contributed by atoms with Gasteiger partial charge in [-0.1, -0.05) is 17.7 Å². The third-order valence-electron chi connectivity index (χ3n) is 6.77. The second-order valence-corrected chi connectivity index (χ2v) is 9.90. The Morgan fingerprint density at radius 1 is 1.19 bits per heavy atom. The van der Waals surface area contributed by atoms with Crippen LogP contribution in [0.15, 0.2) is 30.9 Å². The molecule has 0 spiro atoms. The fourth-order valence-electron chi connectivity index (χ4n) is 4.73. The number of benzene rings is 1. The fourth-order valence-corrected chi connectivity index (χ4v) is 4.95. The van der Waals surface area contributed by atoms with Crippen molar-refractivity contribution >= 4 is 39.6 Å². The lowest BCUT2D eigenvalue weighted by Crippen LogP contribution is -2.43. The van der Waals surface area contributed by atoms with Crippen molar-refractivity contribution in [2.45, 2.75) is 63.7 Å². The highest BCUT2D eigenvalue weighted by molar-refractivity contribution is 6.34. The highest BCUT2D eigenvalue weighted by Crippen LogP contribution is 2.32. The van der Waals surface area contributed by atoms with Crippen molar-refractivity contribution in [2.24, 2.45) is 0 Å².